The van der Waals surface area contributed by atoms with Gasteiger partial charge in [-0.3, -0.25) is 4.79 Å². The molecule has 2 saturated heterocycles. The van der Waals surface area contributed by atoms with Crippen molar-refractivity contribution in [2.24, 2.45) is 17.8 Å². The third kappa shape index (κ3) is 1.86. The lowest BCUT2D eigenvalue weighted by atomic mass is 9.67. The van der Waals surface area contributed by atoms with Crippen LogP contribution in [0.3, 0.4) is 0 Å². The summed E-state index contributed by atoms with van der Waals surface area (Å²) in [6.45, 7) is 9.62. The molecule has 0 radical (unpaired) electrons. The van der Waals surface area contributed by atoms with Gasteiger partial charge in [0.2, 0.25) is 0 Å². The third-order valence-electron chi connectivity index (χ3n) is 4.59. The van der Waals surface area contributed by atoms with E-state index < -0.39 is 0 Å². The van der Waals surface area contributed by atoms with Crippen LogP contribution in [0.15, 0.2) is 24.5 Å². The fourth-order valence-electron chi connectivity index (χ4n) is 3.70. The number of ether oxygens (including phenoxy) is 2. The number of rotatable bonds is 3. The smallest absolute Gasteiger partial charge is 0.309 e. The summed E-state index contributed by atoms with van der Waals surface area (Å²) < 4.78 is 11.5. The molecule has 3 nitrogen and oxygen atoms in total. The molecule has 0 aromatic carbocycles. The lowest BCUT2D eigenvalue weighted by Gasteiger charge is -2.42. The molecule has 5 unspecified atom stereocenters. The van der Waals surface area contributed by atoms with Crippen molar-refractivity contribution in [3.63, 3.8) is 0 Å². The minimum Gasteiger partial charge on any atom is -0.487 e. The number of carbonyl (C=O) groups is 1. The van der Waals surface area contributed by atoms with Crippen LogP contribution in [-0.2, 0) is 14.3 Å². The first-order valence-corrected chi connectivity index (χ1v) is 6.76. The number of fused-ring (bicyclic) bond motifs is 1. The third-order valence-corrected chi connectivity index (χ3v) is 4.59. The average molecular weight is 248 g/mol. The Kier molecular flexibility index (Phi) is 2.72. The second-order valence-corrected chi connectivity index (χ2v) is 6.03. The summed E-state index contributed by atoms with van der Waals surface area (Å²) in [7, 11) is 0. The summed E-state index contributed by atoms with van der Waals surface area (Å²) in [5.41, 5.74) is 0.841. The fourth-order valence-corrected chi connectivity index (χ4v) is 3.70. The van der Waals surface area contributed by atoms with E-state index >= 15 is 0 Å². The van der Waals surface area contributed by atoms with Crippen molar-refractivity contribution in [2.45, 2.75) is 44.8 Å². The van der Waals surface area contributed by atoms with Crippen molar-refractivity contribution >= 4 is 5.97 Å². The van der Waals surface area contributed by atoms with Crippen LogP contribution in [0.2, 0.25) is 0 Å². The first kappa shape index (κ1) is 11.8. The average Bonchev–Trinajstić information content (AvgIpc) is 2.47. The molecule has 5 atom stereocenters. The highest BCUT2D eigenvalue weighted by Crippen LogP contribution is 2.48. The van der Waals surface area contributed by atoms with E-state index in [9.17, 15) is 4.79 Å². The van der Waals surface area contributed by atoms with Gasteiger partial charge in [0.25, 0.3) is 0 Å². The Bertz CT molecular complexity index is 412. The van der Waals surface area contributed by atoms with E-state index in [2.05, 4.69) is 13.2 Å². The lowest BCUT2D eigenvalue weighted by molar-refractivity contribution is -0.156. The number of esters is 1. The molecule has 2 saturated carbocycles. The zero-order valence-corrected chi connectivity index (χ0v) is 10.9. The molecule has 4 aliphatic rings. The Morgan fingerprint density at radius 3 is 2.78 bits per heavy atom. The minimum atomic E-state index is -0.0788. The predicted octanol–water partition coefficient (Wildman–Crippen LogP) is 2.82. The number of allylic oxidation sites excluding steroid dienone is 1. The molecule has 3 heteroatoms. The monoisotopic (exact) mass is 248 g/mol. The van der Waals surface area contributed by atoms with Gasteiger partial charge in [0.15, 0.2) is 0 Å². The highest BCUT2D eigenvalue weighted by Gasteiger charge is 2.51. The van der Waals surface area contributed by atoms with E-state index in [0.717, 1.165) is 31.3 Å². The molecule has 0 N–H and O–H groups in total. The van der Waals surface area contributed by atoms with Crippen molar-refractivity contribution in [2.75, 3.05) is 0 Å². The Morgan fingerprint density at radius 1 is 1.28 bits per heavy atom. The molecule has 0 spiro atoms. The normalized spacial score (nSPS) is 41.2. The zero-order chi connectivity index (χ0) is 12.9. The maximum Gasteiger partial charge on any atom is 0.309 e. The van der Waals surface area contributed by atoms with E-state index in [1.165, 1.54) is 0 Å². The van der Waals surface area contributed by atoms with Crippen molar-refractivity contribution in [1.29, 1.82) is 0 Å². The standard InChI is InChI=1S/C15H20O3/c1-8(2)9(3)17-14-11-4-10-5-12(7-11)15(16)18-13(14)6-10/h10-14H,1,3-7H2,2H3. The van der Waals surface area contributed by atoms with Gasteiger partial charge >= 0.3 is 5.97 Å². The Hall–Kier alpha value is -1.25. The van der Waals surface area contributed by atoms with E-state index in [-0.39, 0.29) is 24.1 Å². The van der Waals surface area contributed by atoms with Gasteiger partial charge in [-0.25, -0.2) is 0 Å². The van der Waals surface area contributed by atoms with Gasteiger partial charge in [0.1, 0.15) is 18.0 Å². The maximum atomic E-state index is 11.9. The molecule has 4 rings (SSSR count). The Morgan fingerprint density at radius 2 is 2.06 bits per heavy atom. The molecule has 2 heterocycles. The van der Waals surface area contributed by atoms with E-state index in [4.69, 9.17) is 9.47 Å². The van der Waals surface area contributed by atoms with Crippen LogP contribution in [0, 0.1) is 17.8 Å². The molecule has 2 aliphatic heterocycles. The zero-order valence-electron chi connectivity index (χ0n) is 10.9. The number of hydrogen-bond donors (Lipinski definition) is 0. The molecule has 4 bridgehead atoms. The van der Waals surface area contributed by atoms with Gasteiger partial charge in [0.05, 0.1) is 5.92 Å². The van der Waals surface area contributed by atoms with Gasteiger partial charge < -0.3 is 9.47 Å². The molecule has 0 aromatic rings. The topological polar surface area (TPSA) is 35.5 Å². The number of hydrogen-bond acceptors (Lipinski definition) is 3. The second kappa shape index (κ2) is 4.15. The molecular weight excluding hydrogens is 228 g/mol. The van der Waals surface area contributed by atoms with Gasteiger partial charge in [-0.15, -0.1) is 0 Å². The SMILES string of the molecule is C=C(C)C(=C)OC1C2CC3CC(C2)C(=O)OC1C3. The Balaban J connectivity index is 1.82. The van der Waals surface area contributed by atoms with Gasteiger partial charge in [0, 0.05) is 5.92 Å². The molecule has 0 amide bonds. The number of carbonyl (C=O) groups excluding carboxylic acids is 1. The van der Waals surface area contributed by atoms with Crippen molar-refractivity contribution in [3.8, 4) is 0 Å². The first-order chi connectivity index (χ1) is 8.54. The van der Waals surface area contributed by atoms with Crippen LogP contribution in [0.4, 0.5) is 0 Å². The highest BCUT2D eigenvalue weighted by atomic mass is 16.6. The fraction of sp³-hybridized carbons (Fsp3) is 0.667. The summed E-state index contributed by atoms with van der Waals surface area (Å²) in [6.07, 6.45) is 3.95. The molecule has 2 aliphatic carbocycles. The van der Waals surface area contributed by atoms with Gasteiger partial charge in [-0.2, -0.15) is 0 Å². The van der Waals surface area contributed by atoms with E-state index in [1.807, 2.05) is 6.92 Å². The Labute approximate surface area is 108 Å². The van der Waals surface area contributed by atoms with E-state index in [1.54, 1.807) is 0 Å². The maximum absolute atomic E-state index is 11.9. The molecular formula is C15H20O3. The molecule has 0 aromatic heterocycles. The van der Waals surface area contributed by atoms with Crippen LogP contribution in [0.25, 0.3) is 0 Å². The van der Waals surface area contributed by atoms with Crippen LogP contribution < -0.4 is 0 Å². The van der Waals surface area contributed by atoms with Crippen LogP contribution in [-0.4, -0.2) is 18.2 Å². The van der Waals surface area contributed by atoms with Crippen LogP contribution >= 0.6 is 0 Å². The predicted molar refractivity (Wildman–Crippen MR) is 67.6 cm³/mol. The largest absolute Gasteiger partial charge is 0.487 e. The van der Waals surface area contributed by atoms with Crippen molar-refractivity contribution in [3.05, 3.63) is 24.5 Å². The van der Waals surface area contributed by atoms with Crippen molar-refractivity contribution < 1.29 is 14.3 Å². The van der Waals surface area contributed by atoms with Crippen molar-refractivity contribution in [1.82, 2.24) is 0 Å². The van der Waals surface area contributed by atoms with Gasteiger partial charge in [-0.1, -0.05) is 13.2 Å². The highest BCUT2D eigenvalue weighted by molar-refractivity contribution is 5.73. The molecule has 4 fully saturated rings. The summed E-state index contributed by atoms with van der Waals surface area (Å²) in [5.74, 6) is 1.80. The summed E-state index contributed by atoms with van der Waals surface area (Å²) in [4.78, 5) is 11.9. The quantitative estimate of drug-likeness (QED) is 0.437. The molecule has 18 heavy (non-hydrogen) atoms. The minimum absolute atomic E-state index is 0.0142. The summed E-state index contributed by atoms with van der Waals surface area (Å²) >= 11 is 0. The first-order valence-electron chi connectivity index (χ1n) is 6.76. The summed E-state index contributed by atoms with van der Waals surface area (Å²) in [6, 6.07) is 0. The van der Waals surface area contributed by atoms with Crippen LogP contribution in [0.5, 0.6) is 0 Å². The van der Waals surface area contributed by atoms with E-state index in [0.29, 0.717) is 17.6 Å². The second-order valence-electron chi connectivity index (χ2n) is 6.03. The lowest BCUT2D eigenvalue weighted by Crippen LogP contribution is -2.44. The molecule has 98 valence electrons. The summed E-state index contributed by atoms with van der Waals surface area (Å²) in [5, 5.41) is 0. The van der Waals surface area contributed by atoms with Crippen LogP contribution in [0.1, 0.15) is 32.6 Å². The van der Waals surface area contributed by atoms with Gasteiger partial charge in [-0.05, 0) is 44.1 Å².